The number of carbonyl (C=O) groups is 1. The summed E-state index contributed by atoms with van der Waals surface area (Å²) in [5.74, 6) is -0.0556. The van der Waals surface area contributed by atoms with E-state index in [2.05, 4.69) is 10.0 Å². The second kappa shape index (κ2) is 10.6. The van der Waals surface area contributed by atoms with Gasteiger partial charge in [0, 0.05) is 6.54 Å². The van der Waals surface area contributed by atoms with E-state index in [0.717, 1.165) is 16.7 Å². The SMILES string of the molecule is COc1ccc(S(=O)(=O)NC(Cc2ccccc2)C(=O)NCc2ccc(C)cc2)cc1Cl. The van der Waals surface area contributed by atoms with Crippen LogP contribution in [0.2, 0.25) is 5.02 Å². The van der Waals surface area contributed by atoms with Gasteiger partial charge >= 0.3 is 0 Å². The van der Waals surface area contributed by atoms with E-state index in [1.165, 1.54) is 25.3 Å². The minimum Gasteiger partial charge on any atom is -0.495 e. The Balaban J connectivity index is 1.80. The van der Waals surface area contributed by atoms with E-state index in [9.17, 15) is 13.2 Å². The predicted octanol–water partition coefficient (Wildman–Crippen LogP) is 3.86. The van der Waals surface area contributed by atoms with Crippen molar-refractivity contribution in [2.45, 2.75) is 30.8 Å². The summed E-state index contributed by atoms with van der Waals surface area (Å²) in [4.78, 5) is 12.9. The summed E-state index contributed by atoms with van der Waals surface area (Å²) in [5, 5.41) is 3.00. The standard InChI is InChI=1S/C24H25ClN2O4S/c1-17-8-10-19(11-9-17)16-26-24(28)22(14-18-6-4-3-5-7-18)27-32(29,30)20-12-13-23(31-2)21(25)15-20/h3-13,15,22,27H,14,16H2,1-2H3,(H,26,28). The molecule has 32 heavy (non-hydrogen) atoms. The van der Waals surface area contributed by atoms with E-state index in [0.29, 0.717) is 12.3 Å². The van der Waals surface area contributed by atoms with Crippen LogP contribution in [0, 0.1) is 6.92 Å². The molecule has 0 bridgehead atoms. The Labute approximate surface area is 193 Å². The van der Waals surface area contributed by atoms with Gasteiger partial charge in [-0.25, -0.2) is 8.42 Å². The van der Waals surface area contributed by atoms with Gasteiger partial charge in [0.1, 0.15) is 11.8 Å². The molecule has 0 aliphatic carbocycles. The maximum absolute atomic E-state index is 13.0. The summed E-state index contributed by atoms with van der Waals surface area (Å²) in [6.45, 7) is 2.28. The smallest absolute Gasteiger partial charge is 0.241 e. The van der Waals surface area contributed by atoms with Gasteiger partial charge in [-0.15, -0.1) is 0 Å². The van der Waals surface area contributed by atoms with Gasteiger partial charge in [0.15, 0.2) is 0 Å². The van der Waals surface area contributed by atoms with Crippen LogP contribution in [0.1, 0.15) is 16.7 Å². The quantitative estimate of drug-likeness (QED) is 0.495. The second-order valence-electron chi connectivity index (χ2n) is 7.36. The Morgan fingerprint density at radius 3 is 2.31 bits per heavy atom. The van der Waals surface area contributed by atoms with Crippen LogP contribution in [0.4, 0.5) is 0 Å². The number of hydrogen-bond donors (Lipinski definition) is 2. The lowest BCUT2D eigenvalue weighted by molar-refractivity contribution is -0.122. The van der Waals surface area contributed by atoms with Gasteiger partial charge in [-0.05, 0) is 42.7 Å². The third kappa shape index (κ3) is 6.32. The molecule has 6 nitrogen and oxygen atoms in total. The first-order valence-corrected chi connectivity index (χ1v) is 11.9. The Bertz CT molecular complexity index is 1170. The molecule has 168 valence electrons. The molecule has 0 radical (unpaired) electrons. The monoisotopic (exact) mass is 472 g/mol. The average molecular weight is 473 g/mol. The molecule has 0 aromatic heterocycles. The topological polar surface area (TPSA) is 84.5 Å². The summed E-state index contributed by atoms with van der Waals surface area (Å²) in [6.07, 6.45) is 0.198. The van der Waals surface area contributed by atoms with Crippen LogP contribution in [0.25, 0.3) is 0 Å². The second-order valence-corrected chi connectivity index (χ2v) is 9.48. The van der Waals surface area contributed by atoms with E-state index in [1.807, 2.05) is 61.5 Å². The van der Waals surface area contributed by atoms with Crippen molar-refractivity contribution in [3.8, 4) is 5.75 Å². The molecule has 0 heterocycles. The molecule has 0 saturated carbocycles. The molecular weight excluding hydrogens is 448 g/mol. The van der Waals surface area contributed by atoms with Crippen molar-refractivity contribution >= 4 is 27.5 Å². The van der Waals surface area contributed by atoms with Crippen LogP contribution < -0.4 is 14.8 Å². The molecule has 1 unspecified atom stereocenters. The van der Waals surface area contributed by atoms with E-state index in [1.54, 1.807) is 0 Å². The molecule has 3 aromatic carbocycles. The van der Waals surface area contributed by atoms with E-state index in [-0.39, 0.29) is 16.3 Å². The van der Waals surface area contributed by atoms with Gasteiger partial charge in [-0.2, -0.15) is 4.72 Å². The lowest BCUT2D eigenvalue weighted by Gasteiger charge is -2.19. The molecular formula is C24H25ClN2O4S. The Morgan fingerprint density at radius 1 is 1.00 bits per heavy atom. The summed E-state index contributed by atoms with van der Waals surface area (Å²) in [6, 6.07) is 20.1. The summed E-state index contributed by atoms with van der Waals surface area (Å²) < 4.78 is 33.6. The van der Waals surface area contributed by atoms with Gasteiger partial charge in [0.2, 0.25) is 15.9 Å². The zero-order valence-corrected chi connectivity index (χ0v) is 19.4. The van der Waals surface area contributed by atoms with Crippen LogP contribution in [-0.2, 0) is 27.8 Å². The highest BCUT2D eigenvalue weighted by Gasteiger charge is 2.26. The largest absolute Gasteiger partial charge is 0.495 e. The van der Waals surface area contributed by atoms with Gasteiger partial charge < -0.3 is 10.1 Å². The molecule has 0 aliphatic rings. The fourth-order valence-electron chi connectivity index (χ4n) is 3.13. The number of sulfonamides is 1. The Morgan fingerprint density at radius 2 is 1.69 bits per heavy atom. The molecule has 0 fully saturated rings. The number of benzene rings is 3. The van der Waals surface area contributed by atoms with E-state index in [4.69, 9.17) is 16.3 Å². The third-order valence-electron chi connectivity index (χ3n) is 4.92. The maximum atomic E-state index is 13.0. The molecule has 1 atom stereocenters. The van der Waals surface area contributed by atoms with Crippen molar-refractivity contribution in [3.05, 3.63) is 94.5 Å². The zero-order valence-electron chi connectivity index (χ0n) is 17.8. The average Bonchev–Trinajstić information content (AvgIpc) is 2.78. The van der Waals surface area contributed by atoms with Gasteiger partial charge in [-0.1, -0.05) is 71.8 Å². The van der Waals surface area contributed by atoms with Gasteiger partial charge in [0.25, 0.3) is 0 Å². The van der Waals surface area contributed by atoms with Crippen molar-refractivity contribution in [3.63, 3.8) is 0 Å². The first kappa shape index (κ1) is 23.8. The van der Waals surface area contributed by atoms with Crippen molar-refractivity contribution in [2.24, 2.45) is 0 Å². The van der Waals surface area contributed by atoms with Crippen molar-refractivity contribution in [2.75, 3.05) is 7.11 Å². The summed E-state index contributed by atoms with van der Waals surface area (Å²) >= 11 is 6.10. The lowest BCUT2D eigenvalue weighted by atomic mass is 10.1. The molecule has 0 spiro atoms. The Kier molecular flexibility index (Phi) is 7.90. The van der Waals surface area contributed by atoms with Gasteiger partial charge in [0.05, 0.1) is 17.0 Å². The molecule has 3 rings (SSSR count). The molecule has 0 aliphatic heterocycles. The fourth-order valence-corrected chi connectivity index (χ4v) is 4.67. The fraction of sp³-hybridized carbons (Fsp3) is 0.208. The first-order chi connectivity index (χ1) is 15.3. The molecule has 1 amide bonds. The van der Waals surface area contributed by atoms with E-state index >= 15 is 0 Å². The number of rotatable bonds is 9. The molecule has 8 heteroatoms. The summed E-state index contributed by atoms with van der Waals surface area (Å²) in [7, 11) is -2.57. The van der Waals surface area contributed by atoms with Crippen molar-refractivity contribution < 1.29 is 17.9 Å². The predicted molar refractivity (Wildman–Crippen MR) is 125 cm³/mol. The zero-order chi connectivity index (χ0) is 23.1. The summed E-state index contributed by atoms with van der Waals surface area (Å²) in [5.41, 5.74) is 2.87. The minimum absolute atomic E-state index is 0.0484. The highest BCUT2D eigenvalue weighted by molar-refractivity contribution is 7.89. The number of aryl methyl sites for hydroxylation is 1. The molecule has 2 N–H and O–H groups in total. The minimum atomic E-state index is -4.01. The van der Waals surface area contributed by atoms with Crippen LogP contribution in [0.5, 0.6) is 5.75 Å². The van der Waals surface area contributed by atoms with E-state index < -0.39 is 22.0 Å². The third-order valence-corrected chi connectivity index (χ3v) is 6.68. The van der Waals surface area contributed by atoms with Crippen LogP contribution >= 0.6 is 11.6 Å². The normalized spacial score (nSPS) is 12.2. The number of hydrogen-bond acceptors (Lipinski definition) is 4. The Hall–Kier alpha value is -2.87. The number of carbonyl (C=O) groups excluding carboxylic acids is 1. The number of ether oxygens (including phenoxy) is 1. The molecule has 0 saturated heterocycles. The number of nitrogens with one attached hydrogen (secondary N) is 2. The lowest BCUT2D eigenvalue weighted by Crippen LogP contribution is -2.47. The highest BCUT2D eigenvalue weighted by atomic mass is 35.5. The van der Waals surface area contributed by atoms with Gasteiger partial charge in [-0.3, -0.25) is 4.79 Å². The number of methoxy groups -OCH3 is 1. The van der Waals surface area contributed by atoms with Crippen molar-refractivity contribution in [1.29, 1.82) is 0 Å². The van der Waals surface area contributed by atoms with Crippen LogP contribution in [0.15, 0.2) is 77.7 Å². The molecule has 3 aromatic rings. The number of amides is 1. The number of halogens is 1. The van der Waals surface area contributed by atoms with Crippen molar-refractivity contribution in [1.82, 2.24) is 10.0 Å². The maximum Gasteiger partial charge on any atom is 0.241 e. The van der Waals surface area contributed by atoms with Crippen LogP contribution in [-0.4, -0.2) is 27.5 Å². The first-order valence-electron chi connectivity index (χ1n) is 10.0. The van der Waals surface area contributed by atoms with Crippen LogP contribution in [0.3, 0.4) is 0 Å². The highest BCUT2D eigenvalue weighted by Crippen LogP contribution is 2.27.